The first kappa shape index (κ1) is 12.1. The van der Waals surface area contributed by atoms with Gasteiger partial charge in [0, 0.05) is 7.05 Å². The highest BCUT2D eigenvalue weighted by atomic mass is 32.1. The maximum Gasteiger partial charge on any atom is 0.445 e. The van der Waals surface area contributed by atoms with Crippen LogP contribution in [0.1, 0.15) is 10.7 Å². The van der Waals surface area contributed by atoms with E-state index in [1.165, 1.54) is 4.68 Å². The molecule has 0 aromatic carbocycles. The minimum absolute atomic E-state index is 0.0983. The van der Waals surface area contributed by atoms with Crippen LogP contribution in [0.5, 0.6) is 0 Å². The highest BCUT2D eigenvalue weighted by molar-refractivity contribution is 7.16. The molecule has 3 aromatic heterocycles. The van der Waals surface area contributed by atoms with Gasteiger partial charge in [0.2, 0.25) is 15.8 Å². The van der Waals surface area contributed by atoms with Gasteiger partial charge in [-0.05, 0) is 13.0 Å². The Hall–Kier alpha value is -1.97. The van der Waals surface area contributed by atoms with Gasteiger partial charge in [-0.3, -0.25) is 4.68 Å². The van der Waals surface area contributed by atoms with Gasteiger partial charge in [0.05, 0.1) is 5.69 Å². The molecular formula is C9H7F3N6S. The summed E-state index contributed by atoms with van der Waals surface area (Å²) in [4.78, 5) is 0.0983. The predicted molar refractivity (Wildman–Crippen MR) is 60.6 cm³/mol. The summed E-state index contributed by atoms with van der Waals surface area (Å²) in [5.41, 5.74) is 1.30. The molecule has 0 saturated heterocycles. The molecule has 0 amide bonds. The molecule has 0 aliphatic carbocycles. The molecular weight excluding hydrogens is 281 g/mol. The van der Waals surface area contributed by atoms with Crippen LogP contribution in [0.15, 0.2) is 6.07 Å². The zero-order chi connectivity index (χ0) is 13.8. The molecule has 0 saturated carbocycles. The zero-order valence-electron chi connectivity index (χ0n) is 9.80. The third kappa shape index (κ3) is 1.87. The Morgan fingerprint density at radius 3 is 2.53 bits per heavy atom. The Morgan fingerprint density at radius 2 is 1.95 bits per heavy atom. The van der Waals surface area contributed by atoms with Crippen molar-refractivity contribution < 1.29 is 13.2 Å². The van der Waals surface area contributed by atoms with Crippen LogP contribution < -0.4 is 0 Å². The average molecular weight is 288 g/mol. The fourth-order valence-corrected chi connectivity index (χ4v) is 2.42. The van der Waals surface area contributed by atoms with Crippen LogP contribution >= 0.6 is 11.3 Å². The third-order valence-corrected chi connectivity index (χ3v) is 3.41. The quantitative estimate of drug-likeness (QED) is 0.686. The van der Waals surface area contributed by atoms with Gasteiger partial charge in [0.15, 0.2) is 0 Å². The molecule has 3 heterocycles. The fourth-order valence-electron chi connectivity index (χ4n) is 1.71. The highest BCUT2D eigenvalue weighted by Gasteiger charge is 2.36. The van der Waals surface area contributed by atoms with E-state index in [9.17, 15) is 13.2 Å². The molecule has 0 N–H and O–H groups in total. The fraction of sp³-hybridized carbons (Fsp3) is 0.333. The van der Waals surface area contributed by atoms with Crippen LogP contribution in [-0.4, -0.2) is 29.6 Å². The van der Waals surface area contributed by atoms with Crippen molar-refractivity contribution in [2.24, 2.45) is 7.05 Å². The first-order valence-electron chi connectivity index (χ1n) is 5.17. The molecule has 0 unspecified atom stereocenters. The van der Waals surface area contributed by atoms with Crippen molar-refractivity contribution in [3.8, 4) is 11.5 Å². The first-order valence-corrected chi connectivity index (χ1v) is 5.98. The van der Waals surface area contributed by atoms with E-state index in [0.29, 0.717) is 17.0 Å². The topological polar surface area (TPSA) is 60.9 Å². The van der Waals surface area contributed by atoms with Crippen molar-refractivity contribution in [2.45, 2.75) is 13.1 Å². The molecule has 0 bridgehead atoms. The summed E-state index contributed by atoms with van der Waals surface area (Å²) in [5, 5.41) is 14.2. The second-order valence-electron chi connectivity index (χ2n) is 3.92. The molecule has 100 valence electrons. The molecule has 6 nitrogen and oxygen atoms in total. The number of halogens is 3. The maximum atomic E-state index is 12.6. The van der Waals surface area contributed by atoms with E-state index >= 15 is 0 Å². The van der Waals surface area contributed by atoms with Crippen molar-refractivity contribution in [3.63, 3.8) is 0 Å². The number of fused-ring (bicyclic) bond motifs is 1. The van der Waals surface area contributed by atoms with Gasteiger partial charge in [0.1, 0.15) is 5.69 Å². The van der Waals surface area contributed by atoms with E-state index in [0.717, 1.165) is 10.2 Å². The van der Waals surface area contributed by atoms with Gasteiger partial charge in [-0.25, -0.2) is 0 Å². The highest BCUT2D eigenvalue weighted by Crippen LogP contribution is 2.33. The molecule has 19 heavy (non-hydrogen) atoms. The van der Waals surface area contributed by atoms with Gasteiger partial charge < -0.3 is 0 Å². The Morgan fingerprint density at radius 1 is 1.21 bits per heavy atom. The Balaban J connectivity index is 2.20. The summed E-state index contributed by atoms with van der Waals surface area (Å²) >= 11 is 0.456. The second-order valence-corrected chi connectivity index (χ2v) is 4.87. The lowest BCUT2D eigenvalue weighted by Crippen LogP contribution is -2.06. The molecule has 3 aromatic rings. The lowest BCUT2D eigenvalue weighted by atomic mass is 10.3. The number of alkyl halides is 3. The van der Waals surface area contributed by atoms with E-state index in [-0.39, 0.29) is 10.8 Å². The standard InChI is InChI=1S/C9H7F3N6S/c1-4-3-5(17(2)15-4)6-13-14-8-18(6)16-7(19-8)9(10,11)12/h3H,1-2H3. The van der Waals surface area contributed by atoms with Crippen LogP contribution in [0.4, 0.5) is 13.2 Å². The van der Waals surface area contributed by atoms with E-state index < -0.39 is 11.2 Å². The lowest BCUT2D eigenvalue weighted by Gasteiger charge is -1.99. The normalized spacial score (nSPS) is 12.5. The Bertz CT molecular complexity index is 752. The lowest BCUT2D eigenvalue weighted by molar-refractivity contribution is -0.138. The molecule has 0 fully saturated rings. The summed E-state index contributed by atoms with van der Waals surface area (Å²) < 4.78 is 40.4. The van der Waals surface area contributed by atoms with Crippen LogP contribution in [-0.2, 0) is 13.2 Å². The number of aryl methyl sites for hydroxylation is 2. The van der Waals surface area contributed by atoms with Gasteiger partial charge in [0.25, 0.3) is 0 Å². The average Bonchev–Trinajstić information content (AvgIpc) is 2.90. The Kier molecular flexibility index (Phi) is 2.39. The second kappa shape index (κ2) is 3.76. The molecule has 10 heteroatoms. The first-order chi connectivity index (χ1) is 8.86. The molecule has 3 rings (SSSR count). The predicted octanol–water partition coefficient (Wildman–Crippen LogP) is 1.91. The smallest absolute Gasteiger partial charge is 0.264 e. The van der Waals surface area contributed by atoms with Gasteiger partial charge in [-0.15, -0.1) is 15.3 Å². The van der Waals surface area contributed by atoms with Crippen molar-refractivity contribution in [1.82, 2.24) is 29.6 Å². The number of hydrogen-bond acceptors (Lipinski definition) is 5. The Labute approximate surface area is 108 Å². The van der Waals surface area contributed by atoms with Crippen molar-refractivity contribution in [2.75, 3.05) is 0 Å². The van der Waals surface area contributed by atoms with Gasteiger partial charge >= 0.3 is 6.18 Å². The molecule has 0 atom stereocenters. The van der Waals surface area contributed by atoms with Crippen molar-refractivity contribution in [1.29, 1.82) is 0 Å². The van der Waals surface area contributed by atoms with Gasteiger partial charge in [-0.2, -0.15) is 22.8 Å². The summed E-state index contributed by atoms with van der Waals surface area (Å²) in [6.45, 7) is 1.78. The van der Waals surface area contributed by atoms with Gasteiger partial charge in [-0.1, -0.05) is 11.3 Å². The molecule has 0 spiro atoms. The van der Waals surface area contributed by atoms with Crippen LogP contribution in [0.2, 0.25) is 0 Å². The summed E-state index contributed by atoms with van der Waals surface area (Å²) in [5.74, 6) is 0.241. The number of aromatic nitrogens is 6. The summed E-state index contributed by atoms with van der Waals surface area (Å²) in [6.07, 6.45) is -4.48. The minimum atomic E-state index is -4.48. The monoisotopic (exact) mass is 288 g/mol. The molecule has 0 aliphatic rings. The largest absolute Gasteiger partial charge is 0.445 e. The van der Waals surface area contributed by atoms with E-state index in [4.69, 9.17) is 0 Å². The van der Waals surface area contributed by atoms with Crippen molar-refractivity contribution in [3.05, 3.63) is 16.8 Å². The SMILES string of the molecule is Cc1cc(-c2nnc3sc(C(F)(F)F)nn23)n(C)n1. The zero-order valence-corrected chi connectivity index (χ0v) is 10.6. The number of rotatable bonds is 1. The number of hydrogen-bond donors (Lipinski definition) is 0. The number of nitrogens with zero attached hydrogens (tertiary/aromatic N) is 6. The van der Waals surface area contributed by atoms with E-state index in [1.807, 2.05) is 0 Å². The van der Waals surface area contributed by atoms with Crippen LogP contribution in [0.25, 0.3) is 16.5 Å². The van der Waals surface area contributed by atoms with Crippen LogP contribution in [0, 0.1) is 6.92 Å². The minimum Gasteiger partial charge on any atom is -0.264 e. The van der Waals surface area contributed by atoms with Crippen molar-refractivity contribution >= 4 is 16.3 Å². The maximum absolute atomic E-state index is 12.6. The molecule has 0 radical (unpaired) electrons. The van der Waals surface area contributed by atoms with Crippen LogP contribution in [0.3, 0.4) is 0 Å². The van der Waals surface area contributed by atoms with E-state index in [2.05, 4.69) is 20.4 Å². The molecule has 0 aliphatic heterocycles. The third-order valence-electron chi connectivity index (χ3n) is 2.46. The summed E-state index contributed by atoms with van der Waals surface area (Å²) in [6, 6.07) is 1.71. The van der Waals surface area contributed by atoms with E-state index in [1.54, 1.807) is 20.0 Å². The summed E-state index contributed by atoms with van der Waals surface area (Å²) in [7, 11) is 1.68.